The Hall–Kier alpha value is -1.74. The van der Waals surface area contributed by atoms with Gasteiger partial charge in [-0.05, 0) is 25.1 Å². The summed E-state index contributed by atoms with van der Waals surface area (Å²) in [7, 11) is 0. The minimum atomic E-state index is 0.777. The molecule has 0 spiro atoms. The highest BCUT2D eigenvalue weighted by atomic mass is 79.9. The molecule has 0 aliphatic rings. The molecule has 0 aliphatic heterocycles. The molecule has 1 aromatic heterocycles. The number of rotatable bonds is 1. The van der Waals surface area contributed by atoms with Crippen molar-refractivity contribution in [1.82, 2.24) is 9.97 Å². The van der Waals surface area contributed by atoms with Crippen molar-refractivity contribution in [3.63, 3.8) is 0 Å². The second-order valence-electron chi connectivity index (χ2n) is 4.16. The van der Waals surface area contributed by atoms with Crippen LogP contribution in [0.15, 0.2) is 53.0 Å². The summed E-state index contributed by atoms with van der Waals surface area (Å²) < 4.78 is 1.06. The molecule has 18 heavy (non-hydrogen) atoms. The van der Waals surface area contributed by atoms with Crippen molar-refractivity contribution in [2.24, 2.45) is 0 Å². The van der Waals surface area contributed by atoms with Crippen LogP contribution in [0.2, 0.25) is 0 Å². The van der Waals surface area contributed by atoms with Gasteiger partial charge in [-0.1, -0.05) is 46.3 Å². The van der Waals surface area contributed by atoms with E-state index in [-0.39, 0.29) is 0 Å². The van der Waals surface area contributed by atoms with Crippen molar-refractivity contribution in [2.75, 3.05) is 0 Å². The molecule has 2 aromatic carbocycles. The SMILES string of the molecule is Cc1nc(-c2ccc(Br)cc2)nc2ccccc12. The highest BCUT2D eigenvalue weighted by Gasteiger charge is 2.05. The predicted octanol–water partition coefficient (Wildman–Crippen LogP) is 4.37. The second-order valence-corrected chi connectivity index (χ2v) is 5.07. The van der Waals surface area contributed by atoms with Crippen molar-refractivity contribution in [3.05, 3.63) is 58.7 Å². The molecule has 0 radical (unpaired) electrons. The van der Waals surface area contributed by atoms with Gasteiger partial charge in [-0.2, -0.15) is 0 Å². The zero-order valence-electron chi connectivity index (χ0n) is 9.89. The van der Waals surface area contributed by atoms with Gasteiger partial charge in [-0.3, -0.25) is 0 Å². The van der Waals surface area contributed by atoms with Gasteiger partial charge in [0.25, 0.3) is 0 Å². The number of aryl methyl sites for hydroxylation is 1. The first-order chi connectivity index (χ1) is 8.74. The molecule has 3 aromatic rings. The van der Waals surface area contributed by atoms with E-state index in [2.05, 4.69) is 32.0 Å². The maximum atomic E-state index is 4.61. The van der Waals surface area contributed by atoms with E-state index in [1.165, 1.54) is 0 Å². The first-order valence-corrected chi connectivity index (χ1v) is 6.53. The number of aromatic nitrogens is 2. The molecule has 0 saturated carbocycles. The fraction of sp³-hybridized carbons (Fsp3) is 0.0667. The Morgan fingerprint density at radius 1 is 0.889 bits per heavy atom. The lowest BCUT2D eigenvalue weighted by molar-refractivity contribution is 1.16. The van der Waals surface area contributed by atoms with Crippen LogP contribution in [-0.4, -0.2) is 9.97 Å². The van der Waals surface area contributed by atoms with E-state index in [4.69, 9.17) is 0 Å². The molecule has 0 saturated heterocycles. The van der Waals surface area contributed by atoms with Crippen LogP contribution >= 0.6 is 15.9 Å². The first kappa shape index (κ1) is 11.4. The largest absolute Gasteiger partial charge is 0.233 e. The third-order valence-electron chi connectivity index (χ3n) is 2.90. The van der Waals surface area contributed by atoms with Crippen LogP contribution in [0.25, 0.3) is 22.3 Å². The fourth-order valence-corrected chi connectivity index (χ4v) is 2.23. The third kappa shape index (κ3) is 2.02. The van der Waals surface area contributed by atoms with Crippen LogP contribution in [0.3, 0.4) is 0 Å². The number of halogens is 1. The van der Waals surface area contributed by atoms with Crippen molar-refractivity contribution < 1.29 is 0 Å². The van der Waals surface area contributed by atoms with Crippen LogP contribution in [0.4, 0.5) is 0 Å². The smallest absolute Gasteiger partial charge is 0.160 e. The Labute approximate surface area is 114 Å². The molecule has 0 amide bonds. The summed E-state index contributed by atoms with van der Waals surface area (Å²) in [6, 6.07) is 16.1. The minimum absolute atomic E-state index is 0.777. The van der Waals surface area contributed by atoms with Gasteiger partial charge in [-0.15, -0.1) is 0 Å². The predicted molar refractivity (Wildman–Crippen MR) is 77.4 cm³/mol. The van der Waals surface area contributed by atoms with Gasteiger partial charge in [0, 0.05) is 21.1 Å². The summed E-state index contributed by atoms with van der Waals surface area (Å²) in [6.45, 7) is 2.02. The number of para-hydroxylation sites is 1. The summed E-state index contributed by atoms with van der Waals surface area (Å²) in [4.78, 5) is 9.18. The van der Waals surface area contributed by atoms with Crippen molar-refractivity contribution in [3.8, 4) is 11.4 Å². The van der Waals surface area contributed by atoms with Gasteiger partial charge in [0.2, 0.25) is 0 Å². The van der Waals surface area contributed by atoms with E-state index in [1.807, 2.05) is 49.4 Å². The molecule has 0 aliphatic carbocycles. The van der Waals surface area contributed by atoms with Crippen molar-refractivity contribution >= 4 is 26.8 Å². The van der Waals surface area contributed by atoms with E-state index in [9.17, 15) is 0 Å². The highest BCUT2D eigenvalue weighted by Crippen LogP contribution is 2.22. The van der Waals surface area contributed by atoms with Gasteiger partial charge < -0.3 is 0 Å². The topological polar surface area (TPSA) is 25.8 Å². The van der Waals surface area contributed by atoms with E-state index in [1.54, 1.807) is 0 Å². The molecule has 3 heteroatoms. The second kappa shape index (κ2) is 4.50. The normalized spacial score (nSPS) is 10.8. The molecule has 2 nitrogen and oxygen atoms in total. The zero-order valence-corrected chi connectivity index (χ0v) is 11.5. The van der Waals surface area contributed by atoms with Crippen LogP contribution in [-0.2, 0) is 0 Å². The van der Waals surface area contributed by atoms with Crippen LogP contribution in [0, 0.1) is 6.92 Å². The maximum absolute atomic E-state index is 4.61. The van der Waals surface area contributed by atoms with Crippen molar-refractivity contribution in [1.29, 1.82) is 0 Å². The summed E-state index contributed by atoms with van der Waals surface area (Å²) in [5.74, 6) is 0.777. The zero-order chi connectivity index (χ0) is 12.5. The lowest BCUT2D eigenvalue weighted by Crippen LogP contribution is -1.93. The molecular formula is C15H11BrN2. The molecule has 1 heterocycles. The average molecular weight is 299 g/mol. The fourth-order valence-electron chi connectivity index (χ4n) is 1.96. The molecule has 0 fully saturated rings. The summed E-state index contributed by atoms with van der Waals surface area (Å²) in [5.41, 5.74) is 3.04. The number of hydrogen-bond acceptors (Lipinski definition) is 2. The molecule has 3 rings (SSSR count). The van der Waals surface area contributed by atoms with Gasteiger partial charge >= 0.3 is 0 Å². The lowest BCUT2D eigenvalue weighted by Gasteiger charge is -2.05. The van der Waals surface area contributed by atoms with Gasteiger partial charge in [-0.25, -0.2) is 9.97 Å². The van der Waals surface area contributed by atoms with Crippen molar-refractivity contribution in [2.45, 2.75) is 6.92 Å². The highest BCUT2D eigenvalue weighted by molar-refractivity contribution is 9.10. The molecule has 88 valence electrons. The molecule has 0 N–H and O–H groups in total. The Balaban J connectivity index is 2.21. The standard InChI is InChI=1S/C15H11BrN2/c1-10-13-4-2-3-5-14(13)18-15(17-10)11-6-8-12(16)9-7-11/h2-9H,1H3. The lowest BCUT2D eigenvalue weighted by atomic mass is 10.1. The van der Waals surface area contributed by atoms with E-state index in [0.29, 0.717) is 0 Å². The third-order valence-corrected chi connectivity index (χ3v) is 3.42. The number of hydrogen-bond donors (Lipinski definition) is 0. The molecule has 0 bridgehead atoms. The van der Waals surface area contributed by atoms with E-state index in [0.717, 1.165) is 32.5 Å². The van der Waals surface area contributed by atoms with Gasteiger partial charge in [0.05, 0.1) is 5.52 Å². The first-order valence-electron chi connectivity index (χ1n) is 5.73. The molecular weight excluding hydrogens is 288 g/mol. The summed E-state index contributed by atoms with van der Waals surface area (Å²) in [5, 5.41) is 1.11. The quantitative estimate of drug-likeness (QED) is 0.667. The Kier molecular flexibility index (Phi) is 2.84. The van der Waals surface area contributed by atoms with E-state index >= 15 is 0 Å². The van der Waals surface area contributed by atoms with E-state index < -0.39 is 0 Å². The summed E-state index contributed by atoms with van der Waals surface area (Å²) in [6.07, 6.45) is 0. The van der Waals surface area contributed by atoms with Crippen LogP contribution in [0.1, 0.15) is 5.69 Å². The molecule has 0 unspecified atom stereocenters. The van der Waals surface area contributed by atoms with Gasteiger partial charge in [0.1, 0.15) is 0 Å². The Morgan fingerprint density at radius 3 is 2.39 bits per heavy atom. The number of nitrogens with zero attached hydrogens (tertiary/aromatic N) is 2. The Morgan fingerprint density at radius 2 is 1.61 bits per heavy atom. The van der Waals surface area contributed by atoms with Crippen LogP contribution in [0.5, 0.6) is 0 Å². The summed E-state index contributed by atoms with van der Waals surface area (Å²) >= 11 is 3.43. The molecule has 0 atom stereocenters. The maximum Gasteiger partial charge on any atom is 0.160 e. The Bertz CT molecular complexity index is 705. The monoisotopic (exact) mass is 298 g/mol. The average Bonchev–Trinajstić information content (AvgIpc) is 2.39. The minimum Gasteiger partial charge on any atom is -0.233 e. The van der Waals surface area contributed by atoms with Crippen LogP contribution < -0.4 is 0 Å². The number of benzene rings is 2. The van der Waals surface area contributed by atoms with Gasteiger partial charge in [0.15, 0.2) is 5.82 Å². The number of fused-ring (bicyclic) bond motifs is 1.